The van der Waals surface area contributed by atoms with Crippen molar-refractivity contribution in [2.24, 2.45) is 5.10 Å². The fourth-order valence-corrected chi connectivity index (χ4v) is 2.65. The number of hydrogen-bond donors (Lipinski definition) is 1. The van der Waals surface area contributed by atoms with Gasteiger partial charge < -0.3 is 4.74 Å². The van der Waals surface area contributed by atoms with E-state index in [0.29, 0.717) is 11.3 Å². The molecule has 3 rings (SSSR count). The van der Waals surface area contributed by atoms with Crippen LogP contribution in [0.4, 0.5) is 0 Å². The molecule has 3 aromatic carbocycles. The van der Waals surface area contributed by atoms with Crippen LogP contribution in [0.3, 0.4) is 0 Å². The van der Waals surface area contributed by atoms with Crippen LogP contribution in [0.1, 0.15) is 21.5 Å². The maximum atomic E-state index is 12.3. The molecule has 0 unspecified atom stereocenters. The molecule has 0 aliphatic carbocycles. The van der Waals surface area contributed by atoms with Gasteiger partial charge in [-0.05, 0) is 43.3 Å². The van der Waals surface area contributed by atoms with Crippen LogP contribution in [-0.2, 0) is 0 Å². The van der Waals surface area contributed by atoms with Gasteiger partial charge in [-0.15, -0.1) is 0 Å². The number of benzene rings is 3. The topological polar surface area (TPSA) is 50.7 Å². The third-order valence-corrected chi connectivity index (χ3v) is 4.43. The predicted octanol–water partition coefficient (Wildman–Crippen LogP) is 4.97. The van der Waals surface area contributed by atoms with E-state index in [9.17, 15) is 4.79 Å². The second-order valence-electron chi connectivity index (χ2n) is 5.97. The highest BCUT2D eigenvalue weighted by atomic mass is 79.9. The van der Waals surface area contributed by atoms with Gasteiger partial charge >= 0.3 is 0 Å². The van der Waals surface area contributed by atoms with E-state index in [-0.39, 0.29) is 12.5 Å². The Morgan fingerprint density at radius 3 is 2.26 bits per heavy atom. The minimum atomic E-state index is -0.263. The number of amides is 1. The molecule has 0 heterocycles. The number of ether oxygens (including phenoxy) is 1. The normalized spacial score (nSPS) is 11.1. The molecule has 0 aromatic heterocycles. The van der Waals surface area contributed by atoms with Gasteiger partial charge in [0.2, 0.25) is 0 Å². The van der Waals surface area contributed by atoms with Crippen molar-refractivity contribution < 1.29 is 9.53 Å². The van der Waals surface area contributed by atoms with Gasteiger partial charge in [-0.2, -0.15) is 5.10 Å². The van der Waals surface area contributed by atoms with Crippen LogP contribution in [0.2, 0.25) is 0 Å². The van der Waals surface area contributed by atoms with Crippen molar-refractivity contribution in [2.45, 2.75) is 6.92 Å². The summed E-state index contributed by atoms with van der Waals surface area (Å²) in [6.07, 6.45) is 0. The average molecular weight is 423 g/mol. The van der Waals surface area contributed by atoms with Gasteiger partial charge in [0.05, 0.1) is 0 Å². The van der Waals surface area contributed by atoms with Crippen molar-refractivity contribution in [3.8, 4) is 5.75 Å². The predicted molar refractivity (Wildman–Crippen MR) is 111 cm³/mol. The molecule has 0 spiro atoms. The zero-order valence-electron chi connectivity index (χ0n) is 14.9. The van der Waals surface area contributed by atoms with E-state index in [4.69, 9.17) is 4.74 Å². The van der Waals surface area contributed by atoms with E-state index in [2.05, 4.69) is 26.5 Å². The Bertz CT molecular complexity index is 921. The van der Waals surface area contributed by atoms with Crippen LogP contribution in [-0.4, -0.2) is 18.2 Å². The Balaban J connectivity index is 1.77. The van der Waals surface area contributed by atoms with Gasteiger partial charge in [-0.25, -0.2) is 5.43 Å². The SMILES string of the molecule is Cc1ccc(OC/C(=N/NC(=O)c2ccccc2)c2ccc(Br)cc2)cc1. The Morgan fingerprint density at radius 1 is 0.926 bits per heavy atom. The number of hydrogen-bond acceptors (Lipinski definition) is 3. The first-order valence-electron chi connectivity index (χ1n) is 8.49. The lowest BCUT2D eigenvalue weighted by Crippen LogP contribution is -2.23. The third-order valence-electron chi connectivity index (χ3n) is 3.90. The minimum absolute atomic E-state index is 0.236. The van der Waals surface area contributed by atoms with E-state index in [1.807, 2.05) is 73.7 Å². The largest absolute Gasteiger partial charge is 0.487 e. The van der Waals surface area contributed by atoms with Gasteiger partial charge in [0.25, 0.3) is 5.91 Å². The van der Waals surface area contributed by atoms with Crippen LogP contribution in [0.15, 0.2) is 88.4 Å². The van der Waals surface area contributed by atoms with Crippen molar-refractivity contribution in [1.82, 2.24) is 5.43 Å². The number of aryl methyl sites for hydroxylation is 1. The van der Waals surface area contributed by atoms with Crippen molar-refractivity contribution in [3.63, 3.8) is 0 Å². The zero-order chi connectivity index (χ0) is 19.1. The summed E-state index contributed by atoms with van der Waals surface area (Å²) >= 11 is 3.43. The highest BCUT2D eigenvalue weighted by Gasteiger charge is 2.08. The molecule has 0 saturated carbocycles. The molecule has 0 bridgehead atoms. The third kappa shape index (κ3) is 5.53. The van der Waals surface area contributed by atoms with Gasteiger partial charge in [-0.3, -0.25) is 4.79 Å². The maximum absolute atomic E-state index is 12.3. The van der Waals surface area contributed by atoms with Crippen LogP contribution in [0, 0.1) is 6.92 Å². The van der Waals surface area contributed by atoms with Crippen LogP contribution in [0.5, 0.6) is 5.75 Å². The molecule has 4 nitrogen and oxygen atoms in total. The van der Waals surface area contributed by atoms with Crippen LogP contribution >= 0.6 is 15.9 Å². The Kier molecular flexibility index (Phi) is 6.39. The summed E-state index contributed by atoms with van der Waals surface area (Å²) in [5.74, 6) is 0.486. The number of carbonyl (C=O) groups is 1. The molecule has 0 fully saturated rings. The van der Waals surface area contributed by atoms with E-state index in [1.54, 1.807) is 12.1 Å². The van der Waals surface area contributed by atoms with E-state index >= 15 is 0 Å². The molecule has 0 atom stereocenters. The van der Waals surface area contributed by atoms with E-state index < -0.39 is 0 Å². The summed E-state index contributed by atoms with van der Waals surface area (Å²) in [5, 5.41) is 4.31. The van der Waals surface area contributed by atoms with Crippen LogP contribution in [0.25, 0.3) is 0 Å². The monoisotopic (exact) mass is 422 g/mol. The number of nitrogens with one attached hydrogen (secondary N) is 1. The number of nitrogens with zero attached hydrogens (tertiary/aromatic N) is 1. The molecule has 5 heteroatoms. The van der Waals surface area contributed by atoms with Crippen molar-refractivity contribution in [1.29, 1.82) is 0 Å². The summed E-state index contributed by atoms with van der Waals surface area (Å²) in [4.78, 5) is 12.3. The number of carbonyl (C=O) groups excluding carboxylic acids is 1. The lowest BCUT2D eigenvalue weighted by molar-refractivity contribution is 0.0954. The quantitative estimate of drug-likeness (QED) is 0.450. The highest BCUT2D eigenvalue weighted by Crippen LogP contribution is 2.14. The van der Waals surface area contributed by atoms with Crippen LogP contribution < -0.4 is 10.2 Å². The number of rotatable bonds is 6. The van der Waals surface area contributed by atoms with E-state index in [0.717, 1.165) is 15.8 Å². The Labute approximate surface area is 167 Å². The molecular formula is C22H19BrN2O2. The first-order chi connectivity index (χ1) is 13.1. The first-order valence-corrected chi connectivity index (χ1v) is 9.28. The van der Waals surface area contributed by atoms with Gasteiger partial charge in [0.15, 0.2) is 0 Å². The molecule has 3 aromatic rings. The number of hydrazone groups is 1. The zero-order valence-corrected chi connectivity index (χ0v) is 16.4. The standard InChI is InChI=1S/C22H19BrN2O2/c1-16-7-13-20(14-8-16)27-15-21(17-9-11-19(23)12-10-17)24-25-22(26)18-5-3-2-4-6-18/h2-14H,15H2,1H3,(H,25,26)/b24-21-. The first kappa shape index (κ1) is 18.9. The summed E-state index contributed by atoms with van der Waals surface area (Å²) in [6, 6.07) is 24.5. The van der Waals surface area contributed by atoms with Gasteiger partial charge in [-0.1, -0.05) is 64.0 Å². The van der Waals surface area contributed by atoms with Crippen molar-refractivity contribution in [3.05, 3.63) is 100 Å². The second-order valence-corrected chi connectivity index (χ2v) is 6.89. The molecule has 1 amide bonds. The number of halogens is 1. The summed E-state index contributed by atoms with van der Waals surface area (Å²) < 4.78 is 6.82. The molecule has 136 valence electrons. The highest BCUT2D eigenvalue weighted by molar-refractivity contribution is 9.10. The minimum Gasteiger partial charge on any atom is -0.487 e. The molecule has 27 heavy (non-hydrogen) atoms. The lowest BCUT2D eigenvalue weighted by atomic mass is 10.1. The van der Waals surface area contributed by atoms with Crippen molar-refractivity contribution in [2.75, 3.05) is 6.61 Å². The summed E-state index contributed by atoms with van der Waals surface area (Å²) in [5.41, 5.74) is 5.84. The second kappa shape index (κ2) is 9.14. The smallest absolute Gasteiger partial charge is 0.271 e. The molecule has 0 saturated heterocycles. The maximum Gasteiger partial charge on any atom is 0.271 e. The summed E-state index contributed by atoms with van der Waals surface area (Å²) in [6.45, 7) is 2.26. The molecule has 1 N–H and O–H groups in total. The fourth-order valence-electron chi connectivity index (χ4n) is 2.38. The summed E-state index contributed by atoms with van der Waals surface area (Å²) in [7, 11) is 0. The van der Waals surface area contributed by atoms with Gasteiger partial charge in [0.1, 0.15) is 18.1 Å². The Hall–Kier alpha value is -2.92. The fraction of sp³-hybridized carbons (Fsp3) is 0.0909. The lowest BCUT2D eigenvalue weighted by Gasteiger charge is -2.10. The molecule has 0 aliphatic rings. The molecule has 0 radical (unpaired) electrons. The molecule has 0 aliphatic heterocycles. The van der Waals surface area contributed by atoms with Gasteiger partial charge in [0, 0.05) is 15.6 Å². The van der Waals surface area contributed by atoms with E-state index in [1.165, 1.54) is 5.56 Å². The Morgan fingerprint density at radius 2 is 1.59 bits per heavy atom. The van der Waals surface area contributed by atoms with Crippen molar-refractivity contribution >= 4 is 27.5 Å². The molecular weight excluding hydrogens is 404 g/mol. The average Bonchev–Trinajstić information content (AvgIpc) is 2.70.